The zero-order valence-corrected chi connectivity index (χ0v) is 38.2. The SMILES string of the molecule is NCC(c1ccccc1)C1CCCCC1.O=C(O)C(c1ccccc1)C1CCCCC1.OCC(c1ccccc1)C1CCCCC1.[N-]=[N+]=NCC(c1ccccc1)C1CCCCC1. The van der Waals surface area contributed by atoms with Crippen LogP contribution in [0.3, 0.4) is 0 Å². The van der Waals surface area contributed by atoms with Crippen molar-refractivity contribution in [3.63, 3.8) is 0 Å². The number of benzene rings is 4. The van der Waals surface area contributed by atoms with Crippen molar-refractivity contribution >= 4 is 5.97 Å². The lowest BCUT2D eigenvalue weighted by Crippen LogP contribution is -2.23. The van der Waals surface area contributed by atoms with Gasteiger partial charge in [-0.3, -0.25) is 4.79 Å². The molecule has 0 aliphatic heterocycles. The first-order chi connectivity index (χ1) is 31.0. The highest BCUT2D eigenvalue weighted by atomic mass is 16.4. The van der Waals surface area contributed by atoms with E-state index >= 15 is 0 Å². The Morgan fingerprint density at radius 1 is 0.508 bits per heavy atom. The first-order valence-corrected chi connectivity index (χ1v) is 24.8. The summed E-state index contributed by atoms with van der Waals surface area (Å²) in [5.41, 5.74) is 19.5. The molecule has 0 heterocycles. The van der Waals surface area contributed by atoms with Crippen molar-refractivity contribution in [1.82, 2.24) is 0 Å². The maximum atomic E-state index is 11.4. The molecule has 340 valence electrons. The lowest BCUT2D eigenvalue weighted by atomic mass is 9.77. The van der Waals surface area contributed by atoms with E-state index < -0.39 is 5.97 Å². The predicted molar refractivity (Wildman–Crippen MR) is 261 cm³/mol. The van der Waals surface area contributed by atoms with Gasteiger partial charge >= 0.3 is 5.97 Å². The Hall–Kier alpha value is -4.42. The zero-order valence-electron chi connectivity index (χ0n) is 38.2. The predicted octanol–water partition coefficient (Wildman–Crippen LogP) is 14.7. The number of carboxylic acids is 1. The summed E-state index contributed by atoms with van der Waals surface area (Å²) in [4.78, 5) is 14.3. The highest BCUT2D eigenvalue weighted by Crippen LogP contribution is 2.39. The minimum absolute atomic E-state index is 0.300. The summed E-state index contributed by atoms with van der Waals surface area (Å²) in [6, 6.07) is 41.4. The third-order valence-electron chi connectivity index (χ3n) is 14.7. The van der Waals surface area contributed by atoms with Crippen LogP contribution < -0.4 is 5.73 Å². The van der Waals surface area contributed by atoms with Gasteiger partial charge in [-0.15, -0.1) is 0 Å². The molecule has 4 aromatic carbocycles. The maximum absolute atomic E-state index is 11.4. The molecule has 4 N–H and O–H groups in total. The molecule has 63 heavy (non-hydrogen) atoms. The summed E-state index contributed by atoms with van der Waals surface area (Å²) in [5, 5.41) is 22.7. The monoisotopic (exact) mass is 855 g/mol. The van der Waals surface area contributed by atoms with E-state index in [0.29, 0.717) is 48.7 Å². The van der Waals surface area contributed by atoms with Gasteiger partial charge in [0, 0.05) is 17.4 Å². The van der Waals surface area contributed by atoms with Crippen LogP contribution in [-0.4, -0.2) is 35.9 Å². The van der Waals surface area contributed by atoms with Crippen LogP contribution in [0.4, 0.5) is 0 Å². The summed E-state index contributed by atoms with van der Waals surface area (Å²) in [6.45, 7) is 1.70. The number of azide groups is 1. The van der Waals surface area contributed by atoms with Gasteiger partial charge in [0.2, 0.25) is 0 Å². The summed E-state index contributed by atoms with van der Waals surface area (Å²) in [7, 11) is 0. The van der Waals surface area contributed by atoms with E-state index in [2.05, 4.69) is 88.9 Å². The van der Waals surface area contributed by atoms with Crippen molar-refractivity contribution in [3.05, 3.63) is 154 Å². The third-order valence-corrected chi connectivity index (χ3v) is 14.7. The number of carboxylic acid groups (broad SMARTS) is 1. The van der Waals surface area contributed by atoms with E-state index in [-0.39, 0.29) is 5.92 Å². The van der Waals surface area contributed by atoms with Gasteiger partial charge in [0.15, 0.2) is 0 Å². The zero-order chi connectivity index (χ0) is 44.3. The Morgan fingerprint density at radius 2 is 0.825 bits per heavy atom. The van der Waals surface area contributed by atoms with Crippen LogP contribution in [0.25, 0.3) is 10.4 Å². The number of hydrogen-bond acceptors (Lipinski definition) is 4. The minimum atomic E-state index is -0.668. The number of aliphatic hydroxyl groups is 1. The number of nitrogens with zero attached hydrogens (tertiary/aromatic N) is 3. The van der Waals surface area contributed by atoms with Gasteiger partial charge in [0.25, 0.3) is 0 Å². The smallest absolute Gasteiger partial charge is 0.311 e. The fourth-order valence-electron chi connectivity index (χ4n) is 11.2. The third kappa shape index (κ3) is 16.6. The average molecular weight is 855 g/mol. The largest absolute Gasteiger partial charge is 0.481 e. The number of aliphatic hydroxyl groups excluding tert-OH is 1. The van der Waals surface area contributed by atoms with Crippen molar-refractivity contribution in [2.24, 2.45) is 34.5 Å². The van der Waals surface area contributed by atoms with Crippen molar-refractivity contribution in [2.45, 2.75) is 152 Å². The lowest BCUT2D eigenvalue weighted by molar-refractivity contribution is -0.140. The van der Waals surface area contributed by atoms with Crippen LogP contribution in [0.15, 0.2) is 126 Å². The number of aliphatic carboxylic acids is 1. The molecular formula is C56H78N4O3. The van der Waals surface area contributed by atoms with Crippen molar-refractivity contribution in [3.8, 4) is 0 Å². The molecule has 0 spiro atoms. The molecule has 0 saturated heterocycles. The van der Waals surface area contributed by atoms with E-state index in [1.165, 1.54) is 132 Å². The summed E-state index contributed by atoms with van der Waals surface area (Å²) < 4.78 is 0. The van der Waals surface area contributed by atoms with Crippen LogP contribution in [0.2, 0.25) is 0 Å². The molecule has 4 aromatic rings. The van der Waals surface area contributed by atoms with Crippen LogP contribution in [-0.2, 0) is 4.79 Å². The Morgan fingerprint density at radius 3 is 1.17 bits per heavy atom. The molecule has 4 fully saturated rings. The summed E-state index contributed by atoms with van der Waals surface area (Å²) >= 11 is 0. The summed E-state index contributed by atoms with van der Waals surface area (Å²) in [6.07, 6.45) is 25.9. The van der Waals surface area contributed by atoms with Gasteiger partial charge in [0.1, 0.15) is 0 Å². The molecule has 4 atom stereocenters. The second-order valence-electron chi connectivity index (χ2n) is 18.7. The van der Waals surface area contributed by atoms with Gasteiger partial charge in [-0.25, -0.2) is 0 Å². The van der Waals surface area contributed by atoms with Crippen LogP contribution >= 0.6 is 0 Å². The molecule has 0 bridgehead atoms. The van der Waals surface area contributed by atoms with Crippen LogP contribution in [0.5, 0.6) is 0 Å². The average Bonchev–Trinajstić information content (AvgIpc) is 3.35. The Bertz CT molecular complexity index is 1750. The Balaban J connectivity index is 0.000000159. The Labute approximate surface area is 379 Å². The molecule has 4 saturated carbocycles. The molecule has 8 rings (SSSR count). The van der Waals surface area contributed by atoms with Gasteiger partial charge in [-0.2, -0.15) is 0 Å². The van der Waals surface area contributed by atoms with Crippen molar-refractivity contribution < 1.29 is 15.0 Å². The molecule has 0 radical (unpaired) electrons. The maximum Gasteiger partial charge on any atom is 0.311 e. The van der Waals surface area contributed by atoms with E-state index in [4.69, 9.17) is 11.3 Å². The van der Waals surface area contributed by atoms with Crippen molar-refractivity contribution in [2.75, 3.05) is 19.7 Å². The molecule has 7 nitrogen and oxygen atoms in total. The standard InChI is InChI=1S/C14H19N3.C14H21N.C14H18O2.C14H20O/c15-17-16-11-14(12-7-3-1-4-8-12)13-9-5-2-6-10-13;15-11-14(12-7-3-1-4-8-12)13-9-5-2-6-10-13;15-14(16)13(11-7-3-1-4-8-11)12-9-5-2-6-10-12;15-11-14(12-7-3-1-4-8-12)13-9-5-2-6-10-13/h1,3-4,7-8,13-14H,2,5-6,9-11H2;1,3-4,7-8,13-14H,2,5-6,9-11,15H2;1,3-4,7-8,12-13H,2,5-6,9-10H2,(H,15,16);1,3-4,7-8,13-15H,2,5-6,9-11H2. The quantitative estimate of drug-likeness (QED) is 0.0701. The molecule has 0 amide bonds. The van der Waals surface area contributed by atoms with Gasteiger partial charge < -0.3 is 15.9 Å². The molecule has 0 aromatic heterocycles. The Kier molecular flexibility index (Phi) is 22.9. The normalized spacial score (nSPS) is 19.4. The first-order valence-electron chi connectivity index (χ1n) is 24.8. The molecule has 4 unspecified atom stereocenters. The van der Waals surface area contributed by atoms with Crippen molar-refractivity contribution in [1.29, 1.82) is 0 Å². The second kappa shape index (κ2) is 29.1. The van der Waals surface area contributed by atoms with E-state index in [1.54, 1.807) is 0 Å². The van der Waals surface area contributed by atoms with Crippen LogP contribution in [0, 0.1) is 23.7 Å². The number of carbonyl (C=O) groups is 1. The fourth-order valence-corrected chi connectivity index (χ4v) is 11.2. The molecule has 7 heteroatoms. The summed E-state index contributed by atoms with van der Waals surface area (Å²) in [5.74, 6) is 2.94. The second-order valence-corrected chi connectivity index (χ2v) is 18.7. The van der Waals surface area contributed by atoms with Gasteiger partial charge in [-0.05, 0) is 121 Å². The number of hydrogen-bond donors (Lipinski definition) is 3. The highest BCUT2D eigenvalue weighted by molar-refractivity contribution is 5.76. The van der Waals surface area contributed by atoms with Gasteiger partial charge in [0.05, 0.1) is 12.5 Å². The molecule has 4 aliphatic carbocycles. The van der Waals surface area contributed by atoms with E-state index in [9.17, 15) is 15.0 Å². The lowest BCUT2D eigenvalue weighted by Gasteiger charge is -2.29. The molecule has 4 aliphatic rings. The fraction of sp³-hybridized carbons (Fsp3) is 0.554. The van der Waals surface area contributed by atoms with Gasteiger partial charge in [-0.1, -0.05) is 203 Å². The molecular weight excluding hydrogens is 777 g/mol. The topological polar surface area (TPSA) is 132 Å². The first kappa shape index (κ1) is 49.6. The minimum Gasteiger partial charge on any atom is -0.481 e. The number of nitrogens with two attached hydrogens (primary N) is 1. The van der Waals surface area contributed by atoms with E-state index in [1.807, 2.05) is 42.5 Å². The van der Waals surface area contributed by atoms with E-state index in [0.717, 1.165) is 30.9 Å². The highest BCUT2D eigenvalue weighted by Gasteiger charge is 2.31. The number of rotatable bonds is 13. The van der Waals surface area contributed by atoms with Crippen LogP contribution in [0.1, 0.15) is 174 Å².